The average molecular weight is 1070 g/mol. The van der Waals surface area contributed by atoms with Gasteiger partial charge in [-0.2, -0.15) is 12.1 Å². The molecule has 0 bridgehead atoms. The molecule has 0 amide bonds. The van der Waals surface area contributed by atoms with E-state index in [2.05, 4.69) is 185 Å². The molecular formula is C60H52FN5OPt+2. The first-order valence-electron chi connectivity index (χ1n) is 23.0. The van der Waals surface area contributed by atoms with Crippen LogP contribution in [0.3, 0.4) is 0 Å². The number of ether oxygens (including phenoxy) is 1. The number of halogens is 1. The van der Waals surface area contributed by atoms with E-state index in [0.29, 0.717) is 11.5 Å². The molecule has 7 aromatic carbocycles. The zero-order valence-electron chi connectivity index (χ0n) is 39.8. The number of rotatable bonds is 6. The molecule has 4 heterocycles. The summed E-state index contributed by atoms with van der Waals surface area (Å²) < 4.78 is 30.2. The minimum atomic E-state index is -0.302. The fourth-order valence-corrected chi connectivity index (χ4v) is 9.42. The monoisotopic (exact) mass is 1070 g/mol. The van der Waals surface area contributed by atoms with E-state index in [4.69, 9.17) is 9.72 Å². The molecule has 0 atom stereocenters. The van der Waals surface area contributed by atoms with Gasteiger partial charge < -0.3 is 13.9 Å². The Hall–Kier alpha value is -6.91. The summed E-state index contributed by atoms with van der Waals surface area (Å²) in [6.07, 6.45) is 1.83. The number of benzene rings is 7. The maximum Gasteiger partial charge on any atom is 2.00 e. The van der Waals surface area contributed by atoms with Crippen LogP contribution in [-0.2, 0) is 37.3 Å². The van der Waals surface area contributed by atoms with Crippen molar-refractivity contribution in [3.05, 3.63) is 186 Å². The van der Waals surface area contributed by atoms with Crippen molar-refractivity contribution in [2.24, 2.45) is 0 Å². The fourth-order valence-electron chi connectivity index (χ4n) is 9.42. The number of pyridine rings is 1. The number of hydrogen-bond donors (Lipinski definition) is 0. The van der Waals surface area contributed by atoms with Crippen LogP contribution >= 0.6 is 0 Å². The SMILES string of the molecule is CC(C)(C)c1cc([N+]2=C=[N+](c3[c-]c(Oc4[c-]c5c(cc4)c4cc(F)ccc4n5-c4cc(C(C)(C)C)ccn4)ccc3)c3cccc(-n4c5ccccc5c5ccccc54)c32)cc(C(C)(C)C)c1.[Pt+2]. The van der Waals surface area contributed by atoms with Gasteiger partial charge in [-0.15, -0.1) is 23.6 Å². The third-order valence-electron chi connectivity index (χ3n) is 13.1. The molecule has 10 aromatic rings. The average Bonchev–Trinajstić information content (AvgIpc) is 3.96. The number of para-hydroxylation sites is 3. The standard InChI is InChI=1S/C60H52FN5O.Pt/c1-58(2,3)38-28-29-62-56(33-38)66-52-27-24-41(61)34-49(52)48-26-25-45(36-55(48)66)67-44-17-14-16-42(35-44)63-37-64(43-31-39(59(4,5)6)30-40(32-43)60(7,8)9)57-53(63)22-15-23-54(57)65-50-20-12-10-18-46(50)47-19-11-13-21-51(47)65;/h10-34H,1-9H3;/q;+2. The predicted molar refractivity (Wildman–Crippen MR) is 274 cm³/mol. The van der Waals surface area contributed by atoms with Gasteiger partial charge in [0.2, 0.25) is 5.69 Å². The number of fused-ring (bicyclic) bond motifs is 7. The third-order valence-corrected chi connectivity index (χ3v) is 13.1. The van der Waals surface area contributed by atoms with Crippen molar-refractivity contribution in [2.45, 2.75) is 78.6 Å². The zero-order chi connectivity index (χ0) is 46.6. The van der Waals surface area contributed by atoms with Gasteiger partial charge in [-0.1, -0.05) is 133 Å². The molecule has 0 radical (unpaired) electrons. The quantitative estimate of drug-likeness (QED) is 0.123. The van der Waals surface area contributed by atoms with Crippen LogP contribution in [0.25, 0.3) is 55.1 Å². The zero-order valence-corrected chi connectivity index (χ0v) is 42.0. The van der Waals surface area contributed by atoms with E-state index in [-0.39, 0.29) is 43.1 Å². The van der Waals surface area contributed by atoms with Gasteiger partial charge in [-0.3, -0.25) is 0 Å². The molecule has 0 aliphatic carbocycles. The fraction of sp³-hybridized carbons (Fsp3) is 0.200. The van der Waals surface area contributed by atoms with Crippen molar-refractivity contribution < 1.29 is 30.2 Å². The van der Waals surface area contributed by atoms with Crippen LogP contribution < -0.4 is 13.9 Å². The second-order valence-electron chi connectivity index (χ2n) is 20.8. The Labute approximate surface area is 411 Å². The largest absolute Gasteiger partial charge is 2.00 e. The molecule has 11 rings (SSSR count). The van der Waals surface area contributed by atoms with Gasteiger partial charge in [0.05, 0.1) is 11.0 Å². The molecule has 0 saturated heterocycles. The number of aromatic nitrogens is 3. The normalized spacial score (nSPS) is 13.0. The predicted octanol–water partition coefficient (Wildman–Crippen LogP) is 15.6. The van der Waals surface area contributed by atoms with E-state index in [1.807, 2.05) is 53.2 Å². The van der Waals surface area contributed by atoms with E-state index in [1.165, 1.54) is 28.0 Å². The Bertz CT molecular complexity index is 3650. The Morgan fingerprint density at radius 1 is 0.544 bits per heavy atom. The van der Waals surface area contributed by atoms with Crippen LogP contribution in [0.5, 0.6) is 11.5 Å². The van der Waals surface area contributed by atoms with E-state index in [0.717, 1.165) is 72.7 Å². The summed E-state index contributed by atoms with van der Waals surface area (Å²) in [5.74, 6) is 1.44. The van der Waals surface area contributed by atoms with Gasteiger partial charge in [0.25, 0.3) is 5.69 Å². The summed E-state index contributed by atoms with van der Waals surface area (Å²) in [6.45, 7) is 20.2. The van der Waals surface area contributed by atoms with Gasteiger partial charge in [0.1, 0.15) is 23.0 Å². The van der Waals surface area contributed by atoms with Gasteiger partial charge in [-0.05, 0) is 91.4 Å². The second kappa shape index (κ2) is 16.4. The van der Waals surface area contributed by atoms with Crippen molar-refractivity contribution in [3.8, 4) is 23.0 Å². The molecule has 3 aromatic heterocycles. The van der Waals surface area contributed by atoms with E-state index in [1.54, 1.807) is 6.07 Å². The summed E-state index contributed by atoms with van der Waals surface area (Å²) >= 11 is 0. The topological polar surface area (TPSA) is 38.0 Å². The molecule has 0 unspecified atom stereocenters. The summed E-state index contributed by atoms with van der Waals surface area (Å²) in [7, 11) is 0. The van der Waals surface area contributed by atoms with Crippen molar-refractivity contribution in [2.75, 3.05) is 0 Å². The molecule has 6 nitrogen and oxygen atoms in total. The minimum Gasteiger partial charge on any atom is -0.509 e. The van der Waals surface area contributed by atoms with Crippen LogP contribution in [0, 0.1) is 17.9 Å². The Balaban J connectivity index is 0.00000539. The molecule has 8 heteroatoms. The third kappa shape index (κ3) is 7.68. The first-order valence-corrected chi connectivity index (χ1v) is 23.0. The van der Waals surface area contributed by atoms with Crippen LogP contribution in [0.4, 0.5) is 27.1 Å². The van der Waals surface area contributed by atoms with Gasteiger partial charge in [0.15, 0.2) is 0 Å². The Kier molecular flexibility index (Phi) is 10.8. The Morgan fingerprint density at radius 2 is 1.18 bits per heavy atom. The van der Waals surface area contributed by atoms with Gasteiger partial charge in [0, 0.05) is 52.2 Å². The molecule has 0 spiro atoms. The van der Waals surface area contributed by atoms with Crippen molar-refractivity contribution in [3.63, 3.8) is 0 Å². The number of nitrogens with zero attached hydrogens (tertiary/aromatic N) is 5. The summed E-state index contributed by atoms with van der Waals surface area (Å²) in [4.78, 5) is 4.80. The summed E-state index contributed by atoms with van der Waals surface area (Å²) in [5, 5.41) is 4.03. The first-order chi connectivity index (χ1) is 32.0. The molecule has 0 fully saturated rings. The van der Waals surface area contributed by atoms with Crippen LogP contribution in [0.1, 0.15) is 79.0 Å². The van der Waals surface area contributed by atoms with Crippen molar-refractivity contribution in [1.82, 2.24) is 23.3 Å². The van der Waals surface area contributed by atoms with Crippen LogP contribution in [0.15, 0.2) is 152 Å². The molecular weight excluding hydrogens is 1020 g/mol. The minimum absolute atomic E-state index is 0. The van der Waals surface area contributed by atoms with Crippen molar-refractivity contribution >= 4 is 72.4 Å². The second-order valence-corrected chi connectivity index (χ2v) is 20.8. The van der Waals surface area contributed by atoms with E-state index in [9.17, 15) is 4.39 Å². The van der Waals surface area contributed by atoms with Crippen molar-refractivity contribution in [1.29, 1.82) is 0 Å². The van der Waals surface area contributed by atoms with Gasteiger partial charge in [-0.25, -0.2) is 9.37 Å². The van der Waals surface area contributed by atoms with E-state index >= 15 is 0 Å². The molecule has 0 N–H and O–H groups in total. The first kappa shape index (κ1) is 44.9. The maximum atomic E-state index is 14.8. The molecule has 0 saturated carbocycles. The van der Waals surface area contributed by atoms with Gasteiger partial charge >= 0.3 is 32.8 Å². The molecule has 68 heavy (non-hydrogen) atoms. The smallest absolute Gasteiger partial charge is 0.509 e. The van der Waals surface area contributed by atoms with E-state index < -0.39 is 0 Å². The maximum absolute atomic E-state index is 14.8. The number of hydrogen-bond acceptors (Lipinski definition) is 2. The van der Waals surface area contributed by atoms with Crippen LogP contribution in [-0.4, -0.2) is 20.1 Å². The summed E-state index contributed by atoms with van der Waals surface area (Å²) in [5.41, 5.74) is 12.0. The molecule has 338 valence electrons. The molecule has 1 aliphatic heterocycles. The summed E-state index contributed by atoms with van der Waals surface area (Å²) in [6, 6.07) is 60.6. The Morgan fingerprint density at radius 3 is 1.85 bits per heavy atom. The van der Waals surface area contributed by atoms with Crippen LogP contribution in [0.2, 0.25) is 0 Å². The molecule has 1 aliphatic rings.